The summed E-state index contributed by atoms with van der Waals surface area (Å²) in [6, 6.07) is 5.00. The Kier molecular flexibility index (Phi) is 3.91. The summed E-state index contributed by atoms with van der Waals surface area (Å²) in [4.78, 5) is 3.93. The van der Waals surface area contributed by atoms with Gasteiger partial charge in [0.15, 0.2) is 0 Å². The van der Waals surface area contributed by atoms with Crippen molar-refractivity contribution in [2.75, 3.05) is 0 Å². The van der Waals surface area contributed by atoms with Crippen LogP contribution in [0.5, 0.6) is 5.75 Å². The molecule has 1 aromatic heterocycles. The summed E-state index contributed by atoms with van der Waals surface area (Å²) in [6.45, 7) is 1.65. The molecule has 5 heteroatoms. The molecule has 0 bridgehead atoms. The average Bonchev–Trinajstić information content (AvgIpc) is 2.32. The molecule has 0 aliphatic carbocycles. The van der Waals surface area contributed by atoms with Crippen molar-refractivity contribution >= 4 is 15.9 Å². The lowest BCUT2D eigenvalue weighted by Gasteiger charge is -2.15. The first-order valence-electron chi connectivity index (χ1n) is 5.28. The molecule has 18 heavy (non-hydrogen) atoms. The molecule has 0 saturated heterocycles. The summed E-state index contributed by atoms with van der Waals surface area (Å²) in [5.74, 6) is -0.499. The van der Waals surface area contributed by atoms with Gasteiger partial charge in [-0.2, -0.15) is 0 Å². The van der Waals surface area contributed by atoms with Crippen molar-refractivity contribution in [3.05, 3.63) is 58.3 Å². The summed E-state index contributed by atoms with van der Waals surface area (Å²) < 4.78 is 32.9. The van der Waals surface area contributed by atoms with E-state index >= 15 is 0 Å². The number of nitrogens with zero attached hydrogens (tertiary/aromatic N) is 1. The lowest BCUT2D eigenvalue weighted by Crippen LogP contribution is -2.06. The molecule has 2 rings (SSSR count). The van der Waals surface area contributed by atoms with Crippen molar-refractivity contribution in [2.45, 2.75) is 13.0 Å². The molecule has 0 spiro atoms. The predicted molar refractivity (Wildman–Crippen MR) is 67.3 cm³/mol. The first kappa shape index (κ1) is 13.0. The molecule has 0 N–H and O–H groups in total. The molecule has 1 aromatic carbocycles. The number of hydrogen-bond donors (Lipinski definition) is 0. The van der Waals surface area contributed by atoms with Crippen LogP contribution < -0.4 is 4.74 Å². The summed E-state index contributed by atoms with van der Waals surface area (Å²) in [5.41, 5.74) is 0.176. The molecule has 0 fully saturated rings. The van der Waals surface area contributed by atoms with Crippen LogP contribution in [-0.4, -0.2) is 4.98 Å². The zero-order valence-corrected chi connectivity index (χ0v) is 11.1. The lowest BCUT2D eigenvalue weighted by atomic mass is 10.1. The van der Waals surface area contributed by atoms with Crippen LogP contribution in [0.2, 0.25) is 0 Å². The van der Waals surface area contributed by atoms with Crippen LogP contribution in [0.3, 0.4) is 0 Å². The van der Waals surface area contributed by atoms with E-state index in [1.54, 1.807) is 19.2 Å². The van der Waals surface area contributed by atoms with Gasteiger partial charge in [0.05, 0.1) is 6.20 Å². The van der Waals surface area contributed by atoms with Crippen molar-refractivity contribution < 1.29 is 13.5 Å². The standard InChI is InChI=1S/C13H10BrF2NO/c1-8(12-5-10(15)2-3-13(12)16)18-11-4-9(14)6-17-7-11/h2-8H,1H3/t8-/m1/s1. The normalized spacial score (nSPS) is 12.2. The molecule has 0 aliphatic heterocycles. The first-order valence-corrected chi connectivity index (χ1v) is 6.07. The van der Waals surface area contributed by atoms with Crippen LogP contribution in [0.1, 0.15) is 18.6 Å². The fourth-order valence-corrected chi connectivity index (χ4v) is 1.89. The lowest BCUT2D eigenvalue weighted by molar-refractivity contribution is 0.220. The largest absolute Gasteiger partial charge is 0.484 e. The fourth-order valence-electron chi connectivity index (χ4n) is 1.55. The van der Waals surface area contributed by atoms with Crippen LogP contribution in [0.25, 0.3) is 0 Å². The Morgan fingerprint density at radius 1 is 1.22 bits per heavy atom. The Hall–Kier alpha value is -1.49. The number of ether oxygens (including phenoxy) is 1. The number of benzene rings is 1. The molecular weight excluding hydrogens is 304 g/mol. The number of hydrogen-bond acceptors (Lipinski definition) is 2. The molecule has 1 heterocycles. The molecule has 0 amide bonds. The quantitative estimate of drug-likeness (QED) is 0.844. The highest BCUT2D eigenvalue weighted by atomic mass is 79.9. The number of halogens is 3. The van der Waals surface area contributed by atoms with E-state index in [-0.39, 0.29) is 5.56 Å². The van der Waals surface area contributed by atoms with Gasteiger partial charge in [-0.05, 0) is 47.1 Å². The van der Waals surface area contributed by atoms with Gasteiger partial charge in [0.2, 0.25) is 0 Å². The minimum atomic E-state index is -0.600. The summed E-state index contributed by atoms with van der Waals surface area (Å²) in [5, 5.41) is 0. The predicted octanol–water partition coefficient (Wildman–Crippen LogP) is 4.26. The van der Waals surface area contributed by atoms with Crippen molar-refractivity contribution in [1.29, 1.82) is 0 Å². The zero-order valence-electron chi connectivity index (χ0n) is 9.53. The van der Waals surface area contributed by atoms with E-state index in [2.05, 4.69) is 20.9 Å². The van der Waals surface area contributed by atoms with Gasteiger partial charge < -0.3 is 4.74 Å². The Bertz CT molecular complexity index is 562. The fraction of sp³-hybridized carbons (Fsp3) is 0.154. The number of pyridine rings is 1. The molecule has 0 saturated carbocycles. The molecule has 0 aliphatic rings. The second-order valence-electron chi connectivity index (χ2n) is 3.76. The maximum absolute atomic E-state index is 13.5. The van der Waals surface area contributed by atoms with Crippen LogP contribution in [0.4, 0.5) is 8.78 Å². The van der Waals surface area contributed by atoms with Crippen LogP contribution in [0.15, 0.2) is 41.1 Å². The Labute approximate surface area is 112 Å². The third-order valence-corrected chi connectivity index (χ3v) is 2.82. The molecule has 0 radical (unpaired) electrons. The van der Waals surface area contributed by atoms with E-state index in [0.29, 0.717) is 5.75 Å². The zero-order chi connectivity index (χ0) is 13.1. The molecule has 2 nitrogen and oxygen atoms in total. The summed E-state index contributed by atoms with van der Waals surface area (Å²) in [7, 11) is 0. The minimum absolute atomic E-state index is 0.176. The smallest absolute Gasteiger partial charge is 0.139 e. The van der Waals surface area contributed by atoms with E-state index in [0.717, 1.165) is 22.7 Å². The van der Waals surface area contributed by atoms with Gasteiger partial charge in [-0.25, -0.2) is 8.78 Å². The van der Waals surface area contributed by atoms with Crippen molar-refractivity contribution in [3.63, 3.8) is 0 Å². The molecule has 0 unspecified atom stereocenters. The van der Waals surface area contributed by atoms with Crippen LogP contribution >= 0.6 is 15.9 Å². The van der Waals surface area contributed by atoms with E-state index < -0.39 is 17.7 Å². The van der Waals surface area contributed by atoms with E-state index in [1.807, 2.05) is 0 Å². The van der Waals surface area contributed by atoms with E-state index in [9.17, 15) is 8.78 Å². The Balaban J connectivity index is 2.21. The average molecular weight is 314 g/mol. The highest BCUT2D eigenvalue weighted by Crippen LogP contribution is 2.25. The van der Waals surface area contributed by atoms with Crippen LogP contribution in [-0.2, 0) is 0 Å². The van der Waals surface area contributed by atoms with Crippen molar-refractivity contribution in [3.8, 4) is 5.75 Å². The Morgan fingerprint density at radius 3 is 2.72 bits per heavy atom. The topological polar surface area (TPSA) is 22.1 Å². The Morgan fingerprint density at radius 2 is 2.00 bits per heavy atom. The van der Waals surface area contributed by atoms with Gasteiger partial charge in [-0.15, -0.1) is 0 Å². The summed E-state index contributed by atoms with van der Waals surface area (Å²) >= 11 is 3.26. The van der Waals surface area contributed by atoms with Gasteiger partial charge in [0, 0.05) is 16.2 Å². The van der Waals surface area contributed by atoms with Gasteiger partial charge in [0.1, 0.15) is 23.5 Å². The molecule has 2 aromatic rings. The van der Waals surface area contributed by atoms with Gasteiger partial charge >= 0.3 is 0 Å². The van der Waals surface area contributed by atoms with Crippen molar-refractivity contribution in [1.82, 2.24) is 4.98 Å². The number of rotatable bonds is 3. The monoisotopic (exact) mass is 313 g/mol. The summed E-state index contributed by atoms with van der Waals surface area (Å²) in [6.07, 6.45) is 2.52. The van der Waals surface area contributed by atoms with Gasteiger partial charge in [-0.3, -0.25) is 4.98 Å². The minimum Gasteiger partial charge on any atom is -0.484 e. The van der Waals surface area contributed by atoms with Crippen LogP contribution in [0, 0.1) is 11.6 Å². The second kappa shape index (κ2) is 5.44. The molecule has 94 valence electrons. The highest BCUT2D eigenvalue weighted by molar-refractivity contribution is 9.10. The molecular formula is C13H10BrF2NO. The highest BCUT2D eigenvalue weighted by Gasteiger charge is 2.13. The SMILES string of the molecule is C[C@@H](Oc1cncc(Br)c1)c1cc(F)ccc1F. The third kappa shape index (κ3) is 3.04. The molecule has 1 atom stereocenters. The first-order chi connectivity index (χ1) is 8.56. The maximum atomic E-state index is 13.5. The van der Waals surface area contributed by atoms with E-state index in [4.69, 9.17) is 4.74 Å². The number of aromatic nitrogens is 1. The van der Waals surface area contributed by atoms with Gasteiger partial charge in [0.25, 0.3) is 0 Å². The maximum Gasteiger partial charge on any atom is 0.139 e. The second-order valence-corrected chi connectivity index (χ2v) is 4.68. The third-order valence-electron chi connectivity index (χ3n) is 2.39. The van der Waals surface area contributed by atoms with Crippen molar-refractivity contribution in [2.24, 2.45) is 0 Å². The van der Waals surface area contributed by atoms with E-state index in [1.165, 1.54) is 6.20 Å². The van der Waals surface area contributed by atoms with Gasteiger partial charge in [-0.1, -0.05) is 0 Å².